The van der Waals surface area contributed by atoms with Crippen molar-refractivity contribution in [3.63, 3.8) is 0 Å². The number of carboxylic acid groups (broad SMARTS) is 1. The van der Waals surface area contributed by atoms with Crippen molar-refractivity contribution in [3.8, 4) is 23.0 Å². The molecule has 1 aliphatic carbocycles. The molecule has 0 aliphatic heterocycles. The number of phenols is 3. The summed E-state index contributed by atoms with van der Waals surface area (Å²) < 4.78 is 15.3. The van der Waals surface area contributed by atoms with Crippen LogP contribution in [0.5, 0.6) is 23.0 Å². The molecule has 0 bridgehead atoms. The van der Waals surface area contributed by atoms with Crippen LogP contribution < -0.4 is 4.74 Å². The predicted octanol–water partition coefficient (Wildman–Crippen LogP) is 1.33. The second kappa shape index (κ2) is 11.7. The number of carbonyl (C=O) groups is 3. The highest BCUT2D eigenvalue weighted by molar-refractivity contribution is 5.88. The highest BCUT2D eigenvalue weighted by Gasteiger charge is 2.52. The summed E-state index contributed by atoms with van der Waals surface area (Å²) in [7, 11) is 1.35. The normalized spacial score (nSPS) is 23.3. The topological polar surface area (TPSA) is 200 Å². The maximum Gasteiger partial charge on any atom is 0.335 e. The molecule has 2 aromatic rings. The van der Waals surface area contributed by atoms with Crippen LogP contribution >= 0.6 is 0 Å². The lowest BCUT2D eigenvalue weighted by molar-refractivity contribution is -0.203. The van der Waals surface area contributed by atoms with Crippen molar-refractivity contribution < 1.29 is 59.2 Å². The molecule has 12 heteroatoms. The van der Waals surface area contributed by atoms with Gasteiger partial charge in [-0.2, -0.15) is 0 Å². The first kappa shape index (κ1) is 28.0. The molecule has 4 atom stereocenters. The number of rotatable bonds is 8. The Balaban J connectivity index is 1.71. The lowest BCUT2D eigenvalue weighted by Gasteiger charge is -2.40. The first-order valence-electron chi connectivity index (χ1n) is 11.2. The molecule has 0 saturated heterocycles. The molecule has 38 heavy (non-hydrogen) atoms. The number of aromatic hydroxyl groups is 3. The Labute approximate surface area is 216 Å². The number of carboxylic acids is 1. The van der Waals surface area contributed by atoms with Gasteiger partial charge in [0, 0.05) is 25.0 Å². The second-order valence-electron chi connectivity index (χ2n) is 8.53. The monoisotopic (exact) mass is 530 g/mol. The molecule has 3 rings (SSSR count). The number of phenolic OH excluding ortho intramolecular Hbond substituents is 3. The summed E-state index contributed by atoms with van der Waals surface area (Å²) >= 11 is 0. The SMILES string of the molecule is COc1cc(/C=C/C(=O)O[C@@H]2C[C@](O)(C(=O)O)C[C@H](OC(=O)/C=C/c3ccc(O)c(O)c3)[C@H]2O)ccc1O. The van der Waals surface area contributed by atoms with Crippen LogP contribution in [0.4, 0.5) is 0 Å². The molecule has 0 heterocycles. The number of carbonyl (C=O) groups excluding carboxylic acids is 2. The summed E-state index contributed by atoms with van der Waals surface area (Å²) in [5.41, 5.74) is -1.67. The lowest BCUT2D eigenvalue weighted by atomic mass is 9.79. The first-order chi connectivity index (χ1) is 17.9. The van der Waals surface area contributed by atoms with Crippen molar-refractivity contribution >= 4 is 30.1 Å². The smallest absolute Gasteiger partial charge is 0.335 e. The molecule has 202 valence electrons. The van der Waals surface area contributed by atoms with Crippen LogP contribution in [0.25, 0.3) is 12.2 Å². The van der Waals surface area contributed by atoms with Gasteiger partial charge in [-0.3, -0.25) is 0 Å². The summed E-state index contributed by atoms with van der Waals surface area (Å²) in [6.07, 6.45) is -1.58. The molecule has 1 saturated carbocycles. The zero-order valence-electron chi connectivity index (χ0n) is 20.1. The van der Waals surface area contributed by atoms with Crippen molar-refractivity contribution in [1.29, 1.82) is 0 Å². The van der Waals surface area contributed by atoms with Crippen molar-refractivity contribution in [2.24, 2.45) is 0 Å². The zero-order chi connectivity index (χ0) is 28.0. The van der Waals surface area contributed by atoms with Gasteiger partial charge in [-0.05, 0) is 47.5 Å². The first-order valence-corrected chi connectivity index (χ1v) is 11.2. The number of esters is 2. The average Bonchev–Trinajstić information content (AvgIpc) is 2.87. The zero-order valence-corrected chi connectivity index (χ0v) is 20.1. The van der Waals surface area contributed by atoms with E-state index < -0.39 is 60.4 Å². The maximum atomic E-state index is 12.4. The van der Waals surface area contributed by atoms with Crippen LogP contribution in [0.1, 0.15) is 24.0 Å². The minimum absolute atomic E-state index is 0.109. The quantitative estimate of drug-likeness (QED) is 0.163. The third-order valence-electron chi connectivity index (χ3n) is 5.80. The fourth-order valence-electron chi connectivity index (χ4n) is 3.77. The summed E-state index contributed by atoms with van der Waals surface area (Å²) in [6, 6.07) is 8.05. The van der Waals surface area contributed by atoms with Crippen LogP contribution in [0.15, 0.2) is 48.6 Å². The van der Waals surface area contributed by atoms with Gasteiger partial charge in [-0.25, -0.2) is 14.4 Å². The van der Waals surface area contributed by atoms with E-state index in [1.807, 2.05) is 0 Å². The molecule has 0 unspecified atom stereocenters. The minimum Gasteiger partial charge on any atom is -0.504 e. The van der Waals surface area contributed by atoms with Crippen molar-refractivity contribution in [2.75, 3.05) is 7.11 Å². The fraction of sp³-hybridized carbons (Fsp3) is 0.269. The summed E-state index contributed by atoms with van der Waals surface area (Å²) in [5, 5.41) is 59.3. The number of aliphatic hydroxyl groups is 2. The minimum atomic E-state index is -2.46. The van der Waals surface area contributed by atoms with Gasteiger partial charge < -0.3 is 44.8 Å². The number of methoxy groups -OCH3 is 1. The molecule has 1 aliphatic rings. The number of aliphatic carboxylic acids is 1. The molecule has 2 aromatic carbocycles. The molecule has 0 amide bonds. The van der Waals surface area contributed by atoms with Crippen molar-refractivity contribution in [1.82, 2.24) is 0 Å². The molecule has 6 N–H and O–H groups in total. The predicted molar refractivity (Wildman–Crippen MR) is 130 cm³/mol. The lowest BCUT2D eigenvalue weighted by Crippen LogP contribution is -2.58. The average molecular weight is 530 g/mol. The van der Waals surface area contributed by atoms with Crippen LogP contribution in [-0.4, -0.2) is 79.6 Å². The molecular weight excluding hydrogens is 504 g/mol. The number of hydrogen-bond donors (Lipinski definition) is 6. The Morgan fingerprint density at radius 3 is 1.82 bits per heavy atom. The van der Waals surface area contributed by atoms with E-state index >= 15 is 0 Å². The van der Waals surface area contributed by atoms with Gasteiger partial charge in [0.15, 0.2) is 28.6 Å². The van der Waals surface area contributed by atoms with Crippen LogP contribution in [0, 0.1) is 0 Å². The van der Waals surface area contributed by atoms with E-state index in [1.165, 1.54) is 55.7 Å². The Morgan fingerprint density at radius 1 is 0.842 bits per heavy atom. The molecule has 12 nitrogen and oxygen atoms in total. The Hall–Kier alpha value is -4.55. The van der Waals surface area contributed by atoms with Crippen LogP contribution in [-0.2, 0) is 23.9 Å². The Bertz CT molecular complexity index is 1270. The number of aliphatic hydroxyl groups excluding tert-OH is 1. The summed E-state index contributed by atoms with van der Waals surface area (Å²) in [6.45, 7) is 0. The molecular formula is C26H26O12. The summed E-state index contributed by atoms with van der Waals surface area (Å²) in [4.78, 5) is 36.4. The van der Waals surface area contributed by atoms with Gasteiger partial charge in [0.1, 0.15) is 18.3 Å². The summed E-state index contributed by atoms with van der Waals surface area (Å²) in [5.74, 6) is -4.37. The van der Waals surface area contributed by atoms with Crippen LogP contribution in [0.2, 0.25) is 0 Å². The number of ether oxygens (including phenoxy) is 3. The van der Waals surface area contributed by atoms with E-state index in [-0.39, 0.29) is 17.2 Å². The van der Waals surface area contributed by atoms with Crippen molar-refractivity contribution in [2.45, 2.75) is 36.8 Å². The van der Waals surface area contributed by atoms with Gasteiger partial charge in [0.2, 0.25) is 0 Å². The highest BCUT2D eigenvalue weighted by atomic mass is 16.6. The van der Waals surface area contributed by atoms with Gasteiger partial charge in [-0.15, -0.1) is 0 Å². The van der Waals surface area contributed by atoms with E-state index in [2.05, 4.69) is 0 Å². The number of benzene rings is 2. The standard InChI is InChI=1S/C26H26O12/c1-36-19-11-15(3-7-17(19)28)5-9-23(31)38-21-13-26(35,25(33)34)12-20(24(21)32)37-22(30)8-4-14-2-6-16(27)18(29)10-14/h2-11,20-21,24,27-29,32,35H,12-13H2,1H3,(H,33,34)/b8-4+,9-5+/t20-,21+,24+,26-/m0/s1. The number of hydrogen-bond acceptors (Lipinski definition) is 11. The van der Waals surface area contributed by atoms with Gasteiger partial charge in [-0.1, -0.05) is 12.1 Å². The molecule has 0 aromatic heterocycles. The second-order valence-corrected chi connectivity index (χ2v) is 8.53. The Morgan fingerprint density at radius 2 is 1.34 bits per heavy atom. The van der Waals surface area contributed by atoms with Crippen molar-refractivity contribution in [3.05, 3.63) is 59.7 Å². The molecule has 0 spiro atoms. The third kappa shape index (κ3) is 6.81. The van der Waals surface area contributed by atoms with E-state index in [0.717, 1.165) is 12.2 Å². The maximum absolute atomic E-state index is 12.4. The molecule has 0 radical (unpaired) electrons. The van der Waals surface area contributed by atoms with E-state index in [4.69, 9.17) is 14.2 Å². The largest absolute Gasteiger partial charge is 0.504 e. The van der Waals surface area contributed by atoms with Crippen LogP contribution in [0.3, 0.4) is 0 Å². The molecule has 1 fully saturated rings. The Kier molecular flexibility index (Phi) is 8.61. The highest BCUT2D eigenvalue weighted by Crippen LogP contribution is 2.33. The van der Waals surface area contributed by atoms with Gasteiger partial charge in [0.05, 0.1) is 7.11 Å². The van der Waals surface area contributed by atoms with Gasteiger partial charge >= 0.3 is 17.9 Å². The van der Waals surface area contributed by atoms with Gasteiger partial charge in [0.25, 0.3) is 0 Å². The van der Waals surface area contributed by atoms with E-state index in [9.17, 15) is 45.0 Å². The van der Waals surface area contributed by atoms with E-state index in [0.29, 0.717) is 11.1 Å². The van der Waals surface area contributed by atoms with E-state index in [1.54, 1.807) is 0 Å². The third-order valence-corrected chi connectivity index (χ3v) is 5.80. The fourth-order valence-corrected chi connectivity index (χ4v) is 3.77.